The summed E-state index contributed by atoms with van der Waals surface area (Å²) in [5.41, 5.74) is 0. The Kier molecular flexibility index (Phi) is 4.88. The number of carbonyl (C=O) groups excluding carboxylic acids is 1. The fraction of sp³-hybridized carbons (Fsp3) is 0.444. The molecule has 0 aliphatic rings. The van der Waals surface area contributed by atoms with E-state index in [9.17, 15) is 4.79 Å². The Balaban J connectivity index is 2.15. The lowest BCUT2D eigenvalue weighted by molar-refractivity contribution is -0.120. The molecule has 0 saturated carbocycles. The van der Waals surface area contributed by atoms with E-state index < -0.39 is 0 Å². The van der Waals surface area contributed by atoms with Crippen LogP contribution in [0.5, 0.6) is 0 Å². The van der Waals surface area contributed by atoms with Gasteiger partial charge in [-0.25, -0.2) is 0 Å². The predicted octanol–water partition coefficient (Wildman–Crippen LogP) is 1.76. The molecule has 1 amide bonds. The van der Waals surface area contributed by atoms with Crippen molar-refractivity contribution in [3.05, 3.63) is 24.2 Å². The second-order valence-electron chi connectivity index (χ2n) is 2.62. The Morgan fingerprint density at radius 2 is 2.46 bits per heavy atom. The third-order valence-electron chi connectivity index (χ3n) is 1.60. The average molecular weight is 293 g/mol. The van der Waals surface area contributed by atoms with Crippen molar-refractivity contribution in [1.82, 2.24) is 5.32 Å². The molecule has 3 nitrogen and oxygen atoms in total. The largest absolute Gasteiger partial charge is 0.469 e. The summed E-state index contributed by atoms with van der Waals surface area (Å²) in [6, 6.07) is 3.71. The normalized spacial score (nSPS) is 9.92. The van der Waals surface area contributed by atoms with Crippen molar-refractivity contribution >= 4 is 28.5 Å². The first kappa shape index (κ1) is 10.6. The number of halogens is 1. The number of hydrogen-bond donors (Lipinski definition) is 1. The third kappa shape index (κ3) is 4.31. The van der Waals surface area contributed by atoms with Gasteiger partial charge in [-0.05, 0) is 12.1 Å². The van der Waals surface area contributed by atoms with Crippen LogP contribution < -0.4 is 5.32 Å². The molecule has 1 aromatic heterocycles. The molecule has 1 N–H and O–H groups in total. The summed E-state index contributed by atoms with van der Waals surface area (Å²) in [5.74, 6) is 0.956. The minimum Gasteiger partial charge on any atom is -0.469 e. The van der Waals surface area contributed by atoms with Crippen LogP contribution in [0.1, 0.15) is 12.2 Å². The van der Waals surface area contributed by atoms with Gasteiger partial charge < -0.3 is 9.73 Å². The van der Waals surface area contributed by atoms with Crippen molar-refractivity contribution in [1.29, 1.82) is 0 Å². The smallest absolute Gasteiger partial charge is 0.220 e. The van der Waals surface area contributed by atoms with Gasteiger partial charge in [0.1, 0.15) is 5.76 Å². The maximum atomic E-state index is 11.1. The van der Waals surface area contributed by atoms with E-state index in [0.717, 1.165) is 16.7 Å². The average Bonchev–Trinajstić information content (AvgIpc) is 2.64. The molecule has 0 bridgehead atoms. The van der Waals surface area contributed by atoms with Crippen LogP contribution in [-0.4, -0.2) is 16.9 Å². The van der Waals surface area contributed by atoms with Crippen molar-refractivity contribution in [2.45, 2.75) is 12.8 Å². The monoisotopic (exact) mass is 293 g/mol. The maximum Gasteiger partial charge on any atom is 0.220 e. The fourth-order valence-electron chi connectivity index (χ4n) is 0.967. The van der Waals surface area contributed by atoms with Crippen LogP contribution in [0, 0.1) is 0 Å². The molecule has 0 aliphatic heterocycles. The highest BCUT2D eigenvalue weighted by atomic mass is 127. The van der Waals surface area contributed by atoms with Crippen LogP contribution in [0.15, 0.2) is 22.8 Å². The summed E-state index contributed by atoms with van der Waals surface area (Å²) in [4.78, 5) is 11.1. The third-order valence-corrected chi connectivity index (χ3v) is 2.13. The zero-order valence-corrected chi connectivity index (χ0v) is 9.41. The van der Waals surface area contributed by atoms with Gasteiger partial charge in [0.15, 0.2) is 0 Å². The fourth-order valence-corrected chi connectivity index (χ4v) is 1.24. The van der Waals surface area contributed by atoms with Gasteiger partial charge in [-0.3, -0.25) is 4.79 Å². The van der Waals surface area contributed by atoms with Crippen molar-refractivity contribution in [3.63, 3.8) is 0 Å². The van der Waals surface area contributed by atoms with Crippen molar-refractivity contribution in [3.8, 4) is 0 Å². The van der Waals surface area contributed by atoms with E-state index in [1.165, 1.54) is 0 Å². The molecule has 0 saturated heterocycles. The van der Waals surface area contributed by atoms with E-state index in [1.54, 1.807) is 6.26 Å². The number of carbonyl (C=O) groups is 1. The molecule has 0 atom stereocenters. The van der Waals surface area contributed by atoms with Gasteiger partial charge in [0.25, 0.3) is 0 Å². The lowest BCUT2D eigenvalue weighted by Gasteiger charge is -2.00. The summed E-state index contributed by atoms with van der Waals surface area (Å²) in [5, 5.41) is 2.81. The van der Waals surface area contributed by atoms with Crippen molar-refractivity contribution < 1.29 is 9.21 Å². The molecule has 1 rings (SSSR count). The number of nitrogens with one attached hydrogen (secondary N) is 1. The summed E-state index contributed by atoms with van der Waals surface area (Å²) in [6.07, 6.45) is 2.81. The zero-order chi connectivity index (χ0) is 9.52. The van der Waals surface area contributed by atoms with Crippen molar-refractivity contribution in [2.75, 3.05) is 11.0 Å². The van der Waals surface area contributed by atoms with Crippen LogP contribution in [0.2, 0.25) is 0 Å². The SMILES string of the molecule is O=C(CCc1ccco1)NCCI. The predicted molar refractivity (Wildman–Crippen MR) is 58.9 cm³/mol. The van der Waals surface area contributed by atoms with Gasteiger partial charge in [-0.2, -0.15) is 0 Å². The molecule has 1 heterocycles. The second-order valence-corrected chi connectivity index (χ2v) is 3.70. The molecule has 0 aromatic carbocycles. The van der Waals surface area contributed by atoms with Crippen LogP contribution in [0.4, 0.5) is 0 Å². The molecular formula is C9H12INO2. The van der Waals surface area contributed by atoms with Gasteiger partial charge in [0.2, 0.25) is 5.91 Å². The first-order valence-corrected chi connectivity index (χ1v) is 5.70. The Bertz CT molecular complexity index is 246. The number of alkyl halides is 1. The molecule has 4 heteroatoms. The Labute approximate surface area is 91.0 Å². The molecule has 0 unspecified atom stereocenters. The maximum absolute atomic E-state index is 11.1. The molecule has 0 spiro atoms. The molecule has 0 aliphatic carbocycles. The van der Waals surface area contributed by atoms with Gasteiger partial charge in [-0.15, -0.1) is 0 Å². The van der Waals surface area contributed by atoms with Gasteiger partial charge >= 0.3 is 0 Å². The number of hydrogen-bond acceptors (Lipinski definition) is 2. The number of rotatable bonds is 5. The van der Waals surface area contributed by atoms with E-state index in [4.69, 9.17) is 4.42 Å². The van der Waals surface area contributed by atoms with E-state index in [-0.39, 0.29) is 5.91 Å². The Hall–Kier alpha value is -0.520. The summed E-state index contributed by atoms with van der Waals surface area (Å²) in [6.45, 7) is 0.748. The number of aryl methyl sites for hydroxylation is 1. The Morgan fingerprint density at radius 1 is 1.62 bits per heavy atom. The van der Waals surface area contributed by atoms with E-state index >= 15 is 0 Å². The van der Waals surface area contributed by atoms with E-state index in [2.05, 4.69) is 27.9 Å². The molecule has 72 valence electrons. The van der Waals surface area contributed by atoms with Gasteiger partial charge in [0, 0.05) is 23.8 Å². The topological polar surface area (TPSA) is 42.2 Å². The molecule has 1 aromatic rings. The summed E-state index contributed by atoms with van der Waals surface area (Å²) in [7, 11) is 0. The second kappa shape index (κ2) is 6.01. The van der Waals surface area contributed by atoms with Gasteiger partial charge in [-0.1, -0.05) is 22.6 Å². The molecular weight excluding hydrogens is 281 g/mol. The van der Waals surface area contributed by atoms with Gasteiger partial charge in [0.05, 0.1) is 6.26 Å². The van der Waals surface area contributed by atoms with Crippen LogP contribution in [-0.2, 0) is 11.2 Å². The lowest BCUT2D eigenvalue weighted by Crippen LogP contribution is -2.25. The highest BCUT2D eigenvalue weighted by Crippen LogP contribution is 2.02. The quantitative estimate of drug-likeness (QED) is 0.664. The number of furan rings is 1. The summed E-state index contributed by atoms with van der Waals surface area (Å²) >= 11 is 2.23. The van der Waals surface area contributed by atoms with Crippen LogP contribution >= 0.6 is 22.6 Å². The van der Waals surface area contributed by atoms with E-state index in [0.29, 0.717) is 12.8 Å². The summed E-state index contributed by atoms with van der Waals surface area (Å²) < 4.78 is 6.06. The molecule has 0 fully saturated rings. The highest BCUT2D eigenvalue weighted by Gasteiger charge is 2.02. The minimum absolute atomic E-state index is 0.0908. The Morgan fingerprint density at radius 3 is 3.08 bits per heavy atom. The van der Waals surface area contributed by atoms with Crippen molar-refractivity contribution in [2.24, 2.45) is 0 Å². The van der Waals surface area contributed by atoms with Crippen LogP contribution in [0.25, 0.3) is 0 Å². The highest BCUT2D eigenvalue weighted by molar-refractivity contribution is 14.1. The standard InChI is InChI=1S/C9H12INO2/c10-5-6-11-9(12)4-3-8-2-1-7-13-8/h1-2,7H,3-6H2,(H,11,12). The minimum atomic E-state index is 0.0908. The lowest BCUT2D eigenvalue weighted by atomic mass is 10.2. The van der Waals surface area contributed by atoms with E-state index in [1.807, 2.05) is 12.1 Å². The van der Waals surface area contributed by atoms with Crippen LogP contribution in [0.3, 0.4) is 0 Å². The first-order chi connectivity index (χ1) is 6.33. The molecule has 13 heavy (non-hydrogen) atoms. The number of amides is 1. The molecule has 0 radical (unpaired) electrons. The zero-order valence-electron chi connectivity index (χ0n) is 7.25. The first-order valence-electron chi connectivity index (χ1n) is 4.18.